The summed E-state index contributed by atoms with van der Waals surface area (Å²) in [5, 5.41) is 1.98. The van der Waals surface area contributed by atoms with Crippen LogP contribution in [0.3, 0.4) is 0 Å². The largest absolute Gasteiger partial charge is 0.369 e. The molecule has 108 valence electrons. The second-order valence-electron chi connectivity index (χ2n) is 3.82. The molecule has 2 aromatic heterocycles. The average molecular weight is 302 g/mol. The number of H-pyrrole nitrogens is 1. The Labute approximate surface area is 111 Å². The molecule has 0 aromatic carbocycles. The van der Waals surface area contributed by atoms with Crippen molar-refractivity contribution in [3.05, 3.63) is 16.7 Å². The van der Waals surface area contributed by atoms with Crippen molar-refractivity contribution >= 4 is 33.1 Å². The summed E-state index contributed by atoms with van der Waals surface area (Å²) in [4.78, 5) is 32.8. The number of rotatable bonds is 4. The molecule has 20 heavy (non-hydrogen) atoms. The molecule has 2 heterocycles. The van der Waals surface area contributed by atoms with Gasteiger partial charge in [-0.25, -0.2) is 4.98 Å². The number of anilines is 1. The van der Waals surface area contributed by atoms with Gasteiger partial charge in [0.2, 0.25) is 11.9 Å². The number of carbonyl (C=O) groups is 1. The zero-order valence-electron chi connectivity index (χ0n) is 9.90. The van der Waals surface area contributed by atoms with E-state index in [-0.39, 0.29) is 23.7 Å². The van der Waals surface area contributed by atoms with Gasteiger partial charge in [0.05, 0.1) is 6.33 Å². The van der Waals surface area contributed by atoms with Gasteiger partial charge < -0.3 is 15.6 Å². The fraction of sp³-hybridized carbons (Fsp3) is 0.250. The molecule has 2 aromatic rings. The minimum atomic E-state index is -4.30. The molecule has 0 fully saturated rings. The van der Waals surface area contributed by atoms with E-state index in [1.807, 2.05) is 5.32 Å². The smallest absolute Gasteiger partial charge is 0.283 e. The van der Waals surface area contributed by atoms with Gasteiger partial charge in [0.15, 0.2) is 11.2 Å². The Bertz CT molecular complexity index is 821. The van der Waals surface area contributed by atoms with Crippen LogP contribution in [0, 0.1) is 0 Å². The van der Waals surface area contributed by atoms with Crippen LogP contribution in [0.5, 0.6) is 0 Å². The second-order valence-corrected chi connectivity index (χ2v) is 5.27. The molecule has 0 aliphatic carbocycles. The molecule has 0 bridgehead atoms. The first-order valence-electron chi connectivity index (χ1n) is 5.19. The summed E-state index contributed by atoms with van der Waals surface area (Å²) in [5.74, 6) is -1.75. The molecule has 0 aliphatic rings. The van der Waals surface area contributed by atoms with Gasteiger partial charge in [-0.1, -0.05) is 0 Å². The van der Waals surface area contributed by atoms with E-state index in [1.165, 1.54) is 10.9 Å². The number of nitrogen functional groups attached to an aromatic ring is 1. The van der Waals surface area contributed by atoms with Gasteiger partial charge in [0.25, 0.3) is 15.7 Å². The number of aromatic amines is 1. The van der Waals surface area contributed by atoms with Crippen LogP contribution in [0.25, 0.3) is 11.2 Å². The van der Waals surface area contributed by atoms with Gasteiger partial charge in [0.1, 0.15) is 12.4 Å². The Morgan fingerprint density at radius 3 is 2.90 bits per heavy atom. The summed E-state index contributed by atoms with van der Waals surface area (Å²) in [5.41, 5.74) is 4.92. The molecule has 12 heteroatoms. The third-order valence-electron chi connectivity index (χ3n) is 2.26. The number of fused-ring (bicyclic) bond motifs is 1. The molecule has 0 saturated heterocycles. The molecule has 0 radical (unpaired) electrons. The van der Waals surface area contributed by atoms with Crippen LogP contribution < -0.4 is 16.6 Å². The molecule has 0 atom stereocenters. The Kier molecular flexibility index (Phi) is 3.42. The van der Waals surface area contributed by atoms with Gasteiger partial charge in [-0.3, -0.25) is 19.1 Å². The van der Waals surface area contributed by atoms with Crippen molar-refractivity contribution < 1.29 is 17.8 Å². The topological polar surface area (TPSA) is 173 Å². The quantitative estimate of drug-likeness (QED) is 0.455. The highest BCUT2D eigenvalue weighted by molar-refractivity contribution is 7.85. The van der Waals surface area contributed by atoms with Crippen molar-refractivity contribution in [2.45, 2.75) is 6.54 Å². The molecule has 0 aliphatic heterocycles. The van der Waals surface area contributed by atoms with E-state index in [0.717, 1.165) is 0 Å². The lowest BCUT2D eigenvalue weighted by Crippen LogP contribution is -2.32. The molecule has 5 N–H and O–H groups in total. The van der Waals surface area contributed by atoms with Crippen LogP contribution in [0.2, 0.25) is 0 Å². The Morgan fingerprint density at radius 2 is 2.25 bits per heavy atom. The molecule has 0 spiro atoms. The number of nitrogens with one attached hydrogen (secondary N) is 2. The molecule has 0 saturated carbocycles. The first-order chi connectivity index (χ1) is 9.26. The lowest BCUT2D eigenvalue weighted by atomic mass is 10.5. The van der Waals surface area contributed by atoms with Crippen LogP contribution in [0.4, 0.5) is 5.95 Å². The molecule has 1 amide bonds. The number of imidazole rings is 1. The minimum absolute atomic E-state index is 0.00165. The normalized spacial score (nSPS) is 11.7. The SMILES string of the molecule is Nc1nc2c(ncn2CC(=O)NCS(=O)(=O)O)c(=O)[nH]1. The third kappa shape index (κ3) is 3.10. The highest BCUT2D eigenvalue weighted by Gasteiger charge is 2.13. The van der Waals surface area contributed by atoms with Crippen molar-refractivity contribution in [3.63, 3.8) is 0 Å². The van der Waals surface area contributed by atoms with Gasteiger partial charge in [0, 0.05) is 0 Å². The maximum Gasteiger partial charge on any atom is 0.283 e. The van der Waals surface area contributed by atoms with Gasteiger partial charge in [-0.05, 0) is 0 Å². The number of nitrogens with zero attached hydrogens (tertiary/aromatic N) is 3. The predicted molar refractivity (Wildman–Crippen MR) is 67.1 cm³/mol. The van der Waals surface area contributed by atoms with Crippen molar-refractivity contribution in [1.29, 1.82) is 0 Å². The molecule has 11 nitrogen and oxygen atoms in total. The highest BCUT2D eigenvalue weighted by Crippen LogP contribution is 2.05. The summed E-state index contributed by atoms with van der Waals surface area (Å²) < 4.78 is 30.7. The summed E-state index contributed by atoms with van der Waals surface area (Å²) in [7, 11) is -4.30. The van der Waals surface area contributed by atoms with E-state index in [0.29, 0.717) is 0 Å². The average Bonchev–Trinajstić information content (AvgIpc) is 2.69. The zero-order valence-corrected chi connectivity index (χ0v) is 10.7. The zero-order chi connectivity index (χ0) is 14.9. The van der Waals surface area contributed by atoms with Gasteiger partial charge >= 0.3 is 0 Å². The van der Waals surface area contributed by atoms with E-state index in [4.69, 9.17) is 10.3 Å². The number of aromatic nitrogens is 4. The second kappa shape index (κ2) is 4.90. The maximum atomic E-state index is 11.5. The molecular weight excluding hydrogens is 292 g/mol. The van der Waals surface area contributed by atoms with E-state index in [1.54, 1.807) is 0 Å². The van der Waals surface area contributed by atoms with E-state index >= 15 is 0 Å². The lowest BCUT2D eigenvalue weighted by Gasteiger charge is -2.04. The Hall–Kier alpha value is -2.47. The summed E-state index contributed by atoms with van der Waals surface area (Å²) >= 11 is 0. The lowest BCUT2D eigenvalue weighted by molar-refractivity contribution is -0.121. The number of nitrogens with two attached hydrogens (primary N) is 1. The molecule has 0 unspecified atom stereocenters. The van der Waals surface area contributed by atoms with E-state index in [9.17, 15) is 18.0 Å². The van der Waals surface area contributed by atoms with Crippen molar-refractivity contribution in [1.82, 2.24) is 24.8 Å². The van der Waals surface area contributed by atoms with Crippen LogP contribution in [0.1, 0.15) is 0 Å². The molecule has 2 rings (SSSR count). The monoisotopic (exact) mass is 302 g/mol. The van der Waals surface area contributed by atoms with Crippen LogP contribution >= 0.6 is 0 Å². The Balaban J connectivity index is 2.22. The van der Waals surface area contributed by atoms with Gasteiger partial charge in [-0.2, -0.15) is 13.4 Å². The van der Waals surface area contributed by atoms with Crippen LogP contribution in [0.15, 0.2) is 11.1 Å². The van der Waals surface area contributed by atoms with Crippen LogP contribution in [-0.2, 0) is 21.5 Å². The standard InChI is InChI=1S/C8H10N6O5S/c9-8-12-6-5(7(16)13-8)10-2-14(6)1-4(15)11-3-20(17,18)19/h2H,1,3H2,(H,11,15)(H,17,18,19)(H3,9,12,13,16). The van der Waals surface area contributed by atoms with Gasteiger partial charge in [-0.15, -0.1) is 0 Å². The number of amides is 1. The van der Waals surface area contributed by atoms with E-state index in [2.05, 4.69) is 15.0 Å². The first kappa shape index (κ1) is 14.0. The third-order valence-corrected chi connectivity index (χ3v) is 2.77. The fourth-order valence-corrected chi connectivity index (χ4v) is 1.81. The van der Waals surface area contributed by atoms with E-state index < -0.39 is 27.5 Å². The summed E-state index contributed by atoms with van der Waals surface area (Å²) in [6.07, 6.45) is 1.19. The summed E-state index contributed by atoms with van der Waals surface area (Å²) in [6, 6.07) is 0. The van der Waals surface area contributed by atoms with Crippen molar-refractivity contribution in [3.8, 4) is 0 Å². The highest BCUT2D eigenvalue weighted by atomic mass is 32.2. The van der Waals surface area contributed by atoms with Crippen molar-refractivity contribution in [2.75, 3.05) is 11.6 Å². The fourth-order valence-electron chi connectivity index (χ4n) is 1.47. The Morgan fingerprint density at radius 1 is 1.55 bits per heavy atom. The number of hydrogen-bond donors (Lipinski definition) is 4. The predicted octanol–water partition coefficient (Wildman–Crippen LogP) is -2.34. The minimum Gasteiger partial charge on any atom is -0.369 e. The first-order valence-corrected chi connectivity index (χ1v) is 6.79. The van der Waals surface area contributed by atoms with Crippen LogP contribution in [-0.4, -0.2) is 44.3 Å². The molecular formula is C8H10N6O5S. The maximum absolute atomic E-state index is 11.5. The number of hydrogen-bond acceptors (Lipinski definition) is 7. The number of carbonyl (C=O) groups excluding carboxylic acids is 1. The summed E-state index contributed by atoms with van der Waals surface area (Å²) in [6.45, 7) is -0.331. The van der Waals surface area contributed by atoms with Crippen molar-refractivity contribution in [2.24, 2.45) is 0 Å².